The molecular weight excluding hydrogens is 330 g/mol. The van der Waals surface area contributed by atoms with Crippen LogP contribution >= 0.6 is 24.0 Å². The lowest BCUT2D eigenvalue weighted by Crippen LogP contribution is -2.27. The molecule has 1 aliphatic heterocycles. The molecule has 2 aromatic rings. The SMILES string of the molecule is COc1ccccc1/C=C1/SC(=S)N(c2cccc(O)c2)C1=O. The predicted octanol–water partition coefficient (Wildman–Crippen LogP) is 3.81. The second-order valence-electron chi connectivity index (χ2n) is 4.78. The standard InChI is InChI=1S/C17H13NO3S2/c1-21-14-8-3-2-5-11(14)9-15-16(20)18(17(22)23-15)12-6-4-7-13(19)10-12/h2-10,19H,1H3/b15-9+. The third-order valence-electron chi connectivity index (χ3n) is 3.31. The third kappa shape index (κ3) is 3.09. The normalized spacial score (nSPS) is 16.2. The van der Waals surface area contributed by atoms with Crippen LogP contribution in [0.4, 0.5) is 5.69 Å². The minimum absolute atomic E-state index is 0.0882. The highest BCUT2D eigenvalue weighted by molar-refractivity contribution is 8.27. The fourth-order valence-corrected chi connectivity index (χ4v) is 3.54. The van der Waals surface area contributed by atoms with Crippen molar-refractivity contribution in [2.75, 3.05) is 12.0 Å². The van der Waals surface area contributed by atoms with Crippen LogP contribution in [0.25, 0.3) is 6.08 Å². The molecule has 0 unspecified atom stereocenters. The average molecular weight is 343 g/mol. The molecule has 2 aromatic carbocycles. The summed E-state index contributed by atoms with van der Waals surface area (Å²) in [5.41, 5.74) is 1.36. The molecule has 1 aliphatic rings. The molecule has 0 radical (unpaired) electrons. The van der Waals surface area contributed by atoms with E-state index in [9.17, 15) is 9.90 Å². The van der Waals surface area contributed by atoms with Gasteiger partial charge in [0.15, 0.2) is 4.32 Å². The number of amides is 1. The van der Waals surface area contributed by atoms with Gasteiger partial charge in [-0.25, -0.2) is 0 Å². The number of para-hydroxylation sites is 1. The predicted molar refractivity (Wildman–Crippen MR) is 96.8 cm³/mol. The molecule has 6 heteroatoms. The molecular formula is C17H13NO3S2. The number of carbonyl (C=O) groups excluding carboxylic acids is 1. The molecule has 0 bridgehead atoms. The van der Waals surface area contributed by atoms with Crippen molar-refractivity contribution in [3.8, 4) is 11.5 Å². The van der Waals surface area contributed by atoms with Crippen LogP contribution in [0.2, 0.25) is 0 Å². The van der Waals surface area contributed by atoms with Crippen LogP contribution in [0.15, 0.2) is 53.4 Å². The number of anilines is 1. The number of methoxy groups -OCH3 is 1. The monoisotopic (exact) mass is 343 g/mol. The second kappa shape index (κ2) is 6.44. The first-order valence-corrected chi connectivity index (χ1v) is 8.02. The summed E-state index contributed by atoms with van der Waals surface area (Å²) in [4.78, 5) is 14.6. The van der Waals surface area contributed by atoms with Crippen LogP contribution < -0.4 is 9.64 Å². The van der Waals surface area contributed by atoms with Crippen molar-refractivity contribution in [3.05, 3.63) is 59.0 Å². The molecule has 1 fully saturated rings. The van der Waals surface area contributed by atoms with Gasteiger partial charge in [0.05, 0.1) is 17.7 Å². The van der Waals surface area contributed by atoms with E-state index in [4.69, 9.17) is 17.0 Å². The number of hydrogen-bond donors (Lipinski definition) is 1. The number of thiocarbonyl (C=S) groups is 1. The molecule has 23 heavy (non-hydrogen) atoms. The Hall–Kier alpha value is -2.31. The van der Waals surface area contributed by atoms with Gasteiger partial charge in [-0.1, -0.05) is 48.2 Å². The molecule has 1 saturated heterocycles. The van der Waals surface area contributed by atoms with Gasteiger partial charge < -0.3 is 9.84 Å². The Morgan fingerprint density at radius 1 is 1.22 bits per heavy atom. The number of hydrogen-bond acceptors (Lipinski definition) is 5. The van der Waals surface area contributed by atoms with Crippen LogP contribution in [0.5, 0.6) is 11.5 Å². The van der Waals surface area contributed by atoms with Crippen molar-refractivity contribution in [2.24, 2.45) is 0 Å². The molecule has 3 rings (SSSR count). The quantitative estimate of drug-likeness (QED) is 0.678. The number of phenolic OH excluding ortho intramolecular Hbond substituents is 1. The number of phenols is 1. The average Bonchev–Trinajstić information content (AvgIpc) is 2.82. The summed E-state index contributed by atoms with van der Waals surface area (Å²) >= 11 is 6.54. The Bertz CT molecular complexity index is 817. The molecule has 1 amide bonds. The number of benzene rings is 2. The lowest BCUT2D eigenvalue weighted by molar-refractivity contribution is -0.113. The molecule has 0 aliphatic carbocycles. The van der Waals surface area contributed by atoms with Gasteiger partial charge in [-0.05, 0) is 24.3 Å². The van der Waals surface area contributed by atoms with Crippen molar-refractivity contribution in [3.63, 3.8) is 0 Å². The van der Waals surface area contributed by atoms with E-state index in [-0.39, 0.29) is 11.7 Å². The molecule has 0 saturated carbocycles. The zero-order valence-electron chi connectivity index (χ0n) is 12.2. The van der Waals surface area contributed by atoms with Crippen molar-refractivity contribution < 1.29 is 14.6 Å². The summed E-state index contributed by atoms with van der Waals surface area (Å²) in [6.45, 7) is 0. The van der Waals surface area contributed by atoms with Gasteiger partial charge in [-0.2, -0.15) is 0 Å². The van der Waals surface area contributed by atoms with Crippen molar-refractivity contribution in [1.82, 2.24) is 0 Å². The lowest BCUT2D eigenvalue weighted by atomic mass is 10.2. The fourth-order valence-electron chi connectivity index (χ4n) is 2.25. The number of rotatable bonds is 3. The lowest BCUT2D eigenvalue weighted by Gasteiger charge is -2.14. The Labute approximate surface area is 143 Å². The van der Waals surface area contributed by atoms with Gasteiger partial charge in [-0.3, -0.25) is 9.69 Å². The summed E-state index contributed by atoms with van der Waals surface area (Å²) in [6.07, 6.45) is 1.76. The molecule has 1 N–H and O–H groups in total. The smallest absolute Gasteiger partial charge is 0.270 e. The summed E-state index contributed by atoms with van der Waals surface area (Å²) in [5.74, 6) is 0.567. The number of ether oxygens (including phenoxy) is 1. The Balaban J connectivity index is 1.97. The van der Waals surface area contributed by atoms with E-state index in [2.05, 4.69) is 0 Å². The summed E-state index contributed by atoms with van der Waals surface area (Å²) in [5, 5.41) is 9.60. The molecule has 0 atom stereocenters. The van der Waals surface area contributed by atoms with E-state index in [1.807, 2.05) is 24.3 Å². The van der Waals surface area contributed by atoms with E-state index >= 15 is 0 Å². The maximum absolute atomic E-state index is 12.7. The van der Waals surface area contributed by atoms with Crippen LogP contribution in [-0.2, 0) is 4.79 Å². The van der Waals surface area contributed by atoms with Gasteiger partial charge in [0.2, 0.25) is 0 Å². The Kier molecular flexibility index (Phi) is 4.36. The molecule has 116 valence electrons. The highest BCUT2D eigenvalue weighted by Crippen LogP contribution is 2.37. The molecule has 0 spiro atoms. The van der Waals surface area contributed by atoms with Crippen molar-refractivity contribution >= 4 is 46.0 Å². The van der Waals surface area contributed by atoms with Crippen LogP contribution in [0, 0.1) is 0 Å². The fraction of sp³-hybridized carbons (Fsp3) is 0.0588. The Morgan fingerprint density at radius 3 is 2.74 bits per heavy atom. The highest BCUT2D eigenvalue weighted by atomic mass is 32.2. The summed E-state index contributed by atoms with van der Waals surface area (Å²) < 4.78 is 5.73. The van der Waals surface area contributed by atoms with Gasteiger partial charge >= 0.3 is 0 Å². The topological polar surface area (TPSA) is 49.8 Å². The first-order valence-electron chi connectivity index (χ1n) is 6.80. The number of carbonyl (C=O) groups is 1. The van der Waals surface area contributed by atoms with E-state index in [0.717, 1.165) is 5.56 Å². The van der Waals surface area contributed by atoms with E-state index in [0.29, 0.717) is 20.7 Å². The second-order valence-corrected chi connectivity index (χ2v) is 6.45. The molecule has 1 heterocycles. The number of aromatic hydroxyl groups is 1. The van der Waals surface area contributed by atoms with Crippen LogP contribution in [0.1, 0.15) is 5.56 Å². The van der Waals surface area contributed by atoms with E-state index in [1.54, 1.807) is 31.4 Å². The minimum atomic E-state index is -0.212. The van der Waals surface area contributed by atoms with Gasteiger partial charge in [0.25, 0.3) is 5.91 Å². The zero-order valence-corrected chi connectivity index (χ0v) is 13.9. The van der Waals surface area contributed by atoms with Crippen molar-refractivity contribution in [1.29, 1.82) is 0 Å². The van der Waals surface area contributed by atoms with Crippen LogP contribution in [-0.4, -0.2) is 22.4 Å². The van der Waals surface area contributed by atoms with Gasteiger partial charge in [-0.15, -0.1) is 0 Å². The maximum atomic E-state index is 12.7. The van der Waals surface area contributed by atoms with E-state index in [1.165, 1.54) is 22.7 Å². The maximum Gasteiger partial charge on any atom is 0.270 e. The molecule has 4 nitrogen and oxygen atoms in total. The van der Waals surface area contributed by atoms with Crippen molar-refractivity contribution in [2.45, 2.75) is 0 Å². The minimum Gasteiger partial charge on any atom is -0.508 e. The molecule has 0 aromatic heterocycles. The Morgan fingerprint density at radius 2 is 2.00 bits per heavy atom. The largest absolute Gasteiger partial charge is 0.508 e. The van der Waals surface area contributed by atoms with Gasteiger partial charge in [0.1, 0.15) is 11.5 Å². The first-order chi connectivity index (χ1) is 11.1. The van der Waals surface area contributed by atoms with Crippen LogP contribution in [0.3, 0.4) is 0 Å². The first kappa shape index (κ1) is 15.6. The number of thioether (sulfide) groups is 1. The zero-order chi connectivity index (χ0) is 16.4. The number of nitrogens with zero attached hydrogens (tertiary/aromatic N) is 1. The summed E-state index contributed by atoms with van der Waals surface area (Å²) in [6, 6.07) is 13.9. The van der Waals surface area contributed by atoms with Gasteiger partial charge in [0, 0.05) is 11.6 Å². The highest BCUT2D eigenvalue weighted by Gasteiger charge is 2.33. The van der Waals surface area contributed by atoms with E-state index < -0.39 is 0 Å². The summed E-state index contributed by atoms with van der Waals surface area (Å²) in [7, 11) is 1.59. The third-order valence-corrected chi connectivity index (χ3v) is 4.61.